The van der Waals surface area contributed by atoms with Crippen LogP contribution in [0, 0.1) is 0 Å². The van der Waals surface area contributed by atoms with Crippen LogP contribution in [0.5, 0.6) is 0 Å². The van der Waals surface area contributed by atoms with Gasteiger partial charge < -0.3 is 55.2 Å². The molecule has 1 aliphatic carbocycles. The fraction of sp³-hybridized carbons (Fsp3) is 0.380. The summed E-state index contributed by atoms with van der Waals surface area (Å²) in [5, 5.41) is 87.2. The van der Waals surface area contributed by atoms with Gasteiger partial charge in [-0.05, 0) is 83.8 Å². The van der Waals surface area contributed by atoms with E-state index in [4.69, 9.17) is 9.47 Å². The Bertz CT molecular complexity index is 4340. The lowest BCUT2D eigenvalue weighted by atomic mass is 9.76. The van der Waals surface area contributed by atoms with Gasteiger partial charge in [0, 0.05) is 58.4 Å². The van der Waals surface area contributed by atoms with Crippen LogP contribution in [0.2, 0.25) is 0 Å². The Kier molecular flexibility index (Phi) is 18.6. The van der Waals surface area contributed by atoms with Crippen LogP contribution in [0.15, 0.2) is 127 Å². The number of nitrogens with zero attached hydrogens (tertiary/aromatic N) is 2. The zero-order chi connectivity index (χ0) is 63.7. The van der Waals surface area contributed by atoms with E-state index in [1.807, 2.05) is 0 Å². The van der Waals surface area contributed by atoms with Crippen LogP contribution >= 0.6 is 0 Å². The maximum atomic E-state index is 12.8. The van der Waals surface area contributed by atoms with Gasteiger partial charge in [0.15, 0.2) is 5.71 Å². The molecular weight excluding hydrogens is 1270 g/mol. The number of allylic oxidation sites excluding steroid dienone is 7. The van der Waals surface area contributed by atoms with Gasteiger partial charge in [-0.25, -0.2) is 0 Å². The third-order valence-electron chi connectivity index (χ3n) is 15.1. The number of hydrogen-bond donors (Lipinski definition) is 14. The molecule has 3 heterocycles. The number of aliphatic hydroxyl groups excluding tert-OH is 8. The minimum absolute atomic E-state index is 0.0178. The highest BCUT2D eigenvalue weighted by atomic mass is 32.2. The first-order valence-corrected chi connectivity index (χ1v) is 34.3. The summed E-state index contributed by atoms with van der Waals surface area (Å²) < 4.78 is 223. The molecule has 3 aliphatic heterocycles. The molecule has 470 valence electrons. The fourth-order valence-electron chi connectivity index (χ4n) is 11.2. The van der Waals surface area contributed by atoms with Crippen LogP contribution in [-0.2, 0) is 81.0 Å². The minimum atomic E-state index is -5.32. The standard InChI is InChI=1S/C50H56N2O28S6/c53-22-37-44(58)45(59)46(60)48(79-37)80-47-27(6-12-40-49(23-54,24-55)42-33-18-29(83(67,68)69)20-38(85(73,74)75)31(33)8-10-35(42)51(40)14-2-16-81(61,62)63)4-1-5-28(47)7-13-41-50(25-56,26-57)43-34-19-30(84(70,71)72)21-39(86(76,77)78)32(34)9-11-36(43)52(41)15-3-17-82(64,65)66/h1,4,6-13,18-21,37,44-46,48,53-60H,2-3,5,14-17,22-26H2,(H5-,61,62,63,64,65,66,67,68,69,70,71,72,73,74,75,76,77,78)/p+1/t37-,44-,45+,46-,48+/m1/s1. The third-order valence-corrected chi connectivity index (χ3v) is 20.2. The van der Waals surface area contributed by atoms with E-state index < -0.39 is 198 Å². The molecule has 86 heavy (non-hydrogen) atoms. The normalized spacial score (nSPS) is 23.0. The van der Waals surface area contributed by atoms with E-state index in [0.29, 0.717) is 12.1 Å². The first kappa shape index (κ1) is 66.4. The summed E-state index contributed by atoms with van der Waals surface area (Å²) in [4.78, 5) is -2.90. The van der Waals surface area contributed by atoms with Crippen LogP contribution in [-0.4, -0.2) is 217 Å². The molecule has 0 amide bonds. The molecule has 30 nitrogen and oxygen atoms in total. The Hall–Kier alpha value is -5.53. The number of aliphatic hydroxyl groups is 8. The van der Waals surface area contributed by atoms with Crippen LogP contribution in [0.4, 0.5) is 11.4 Å². The average Bonchev–Trinajstić information content (AvgIpc) is 1.53. The van der Waals surface area contributed by atoms with Crippen molar-refractivity contribution in [2.45, 2.75) is 80.4 Å². The van der Waals surface area contributed by atoms with Gasteiger partial charge in [0.05, 0.1) is 65.3 Å². The van der Waals surface area contributed by atoms with E-state index in [0.717, 1.165) is 24.3 Å². The second kappa shape index (κ2) is 24.1. The molecule has 0 bridgehead atoms. The first-order valence-electron chi connectivity index (χ1n) is 25.3. The molecule has 5 atom stereocenters. The molecule has 14 N–H and O–H groups in total. The Morgan fingerprint density at radius 1 is 0.605 bits per heavy atom. The van der Waals surface area contributed by atoms with Crippen molar-refractivity contribution in [2.75, 3.05) is 62.5 Å². The number of anilines is 1. The van der Waals surface area contributed by atoms with Crippen LogP contribution in [0.1, 0.15) is 30.4 Å². The molecule has 0 unspecified atom stereocenters. The summed E-state index contributed by atoms with van der Waals surface area (Å²) in [6, 6.07) is 7.17. The summed E-state index contributed by atoms with van der Waals surface area (Å²) in [7, 11) is -30.6. The Morgan fingerprint density at radius 3 is 1.65 bits per heavy atom. The molecule has 4 aromatic rings. The molecule has 0 saturated carbocycles. The highest BCUT2D eigenvalue weighted by Gasteiger charge is 2.53. The molecule has 36 heteroatoms. The maximum absolute atomic E-state index is 12.8. The monoisotopic (exact) mass is 1330 g/mol. The van der Waals surface area contributed by atoms with Gasteiger partial charge >= 0.3 is 0 Å². The van der Waals surface area contributed by atoms with Crippen molar-refractivity contribution in [1.29, 1.82) is 0 Å². The van der Waals surface area contributed by atoms with Gasteiger partial charge in [0.25, 0.3) is 60.7 Å². The van der Waals surface area contributed by atoms with E-state index >= 15 is 0 Å². The second-order valence-corrected chi connectivity index (χ2v) is 29.2. The number of ether oxygens (including phenoxy) is 2. The molecule has 0 radical (unpaired) electrons. The lowest BCUT2D eigenvalue weighted by molar-refractivity contribution is -0.437. The smallest absolute Gasteiger partial charge is 0.295 e. The third kappa shape index (κ3) is 12.7. The predicted molar refractivity (Wildman–Crippen MR) is 299 cm³/mol. The van der Waals surface area contributed by atoms with Crippen LogP contribution < -0.4 is 4.90 Å². The largest absolute Gasteiger partial charge is 0.461 e. The summed E-state index contributed by atoms with van der Waals surface area (Å²) in [6.07, 6.45) is -2.76. The Morgan fingerprint density at radius 2 is 1.14 bits per heavy atom. The summed E-state index contributed by atoms with van der Waals surface area (Å²) in [5.41, 5.74) is -5.29. The molecule has 8 rings (SSSR count). The lowest BCUT2D eigenvalue weighted by Gasteiger charge is -2.40. The second-order valence-electron chi connectivity index (χ2n) is 20.4. The number of fused-ring (bicyclic) bond motifs is 6. The van der Waals surface area contributed by atoms with E-state index in [1.54, 1.807) is 0 Å². The van der Waals surface area contributed by atoms with Crippen molar-refractivity contribution in [2.24, 2.45) is 0 Å². The van der Waals surface area contributed by atoms with Gasteiger partial charge in [-0.3, -0.25) is 27.3 Å². The zero-order valence-electron chi connectivity index (χ0n) is 44.3. The Labute approximate surface area is 491 Å². The number of hydrogen-bond acceptors (Lipinski definition) is 23. The van der Waals surface area contributed by atoms with Crippen LogP contribution in [0.25, 0.3) is 21.5 Å². The zero-order valence-corrected chi connectivity index (χ0v) is 49.2. The van der Waals surface area contributed by atoms with Crippen molar-refractivity contribution in [3.05, 3.63) is 119 Å². The quantitative estimate of drug-likeness (QED) is 0.0331. The minimum Gasteiger partial charge on any atom is -0.461 e. The molecule has 4 aliphatic rings. The molecule has 0 aromatic heterocycles. The first-order chi connectivity index (χ1) is 39.9. The van der Waals surface area contributed by atoms with Crippen molar-refractivity contribution in [1.82, 2.24) is 0 Å². The summed E-state index contributed by atoms with van der Waals surface area (Å²) >= 11 is 0. The highest BCUT2D eigenvalue weighted by molar-refractivity contribution is 7.87. The van der Waals surface area contributed by atoms with Crippen molar-refractivity contribution in [3.8, 4) is 0 Å². The van der Waals surface area contributed by atoms with Gasteiger partial charge in [-0.2, -0.15) is 55.1 Å². The molecular formula is C50H57N2O28S6+. The lowest BCUT2D eigenvalue weighted by Crippen LogP contribution is -2.59. The van der Waals surface area contributed by atoms with E-state index in [9.17, 15) is 119 Å². The molecule has 4 aromatic carbocycles. The average molecular weight is 1330 g/mol. The van der Waals surface area contributed by atoms with Crippen molar-refractivity contribution in [3.63, 3.8) is 0 Å². The van der Waals surface area contributed by atoms with E-state index in [2.05, 4.69) is 0 Å². The van der Waals surface area contributed by atoms with E-state index in [-0.39, 0.29) is 73.4 Å². The van der Waals surface area contributed by atoms with Gasteiger partial charge in [-0.15, -0.1) is 0 Å². The van der Waals surface area contributed by atoms with Gasteiger partial charge in [0.2, 0.25) is 12.0 Å². The SMILES string of the molecule is O=S(=O)(O)CCCN1/C(=C/C=C2\C=CCC(/C=C/C3=[N+](CCCS(=O)(=O)O)c4ccc5c(S(=O)(=O)O)cc(S(=O)(=O)O)cc5c4C3(CO)CO)=C2O[C@@H]2O[C@H](CO)[C@@H](O)[C@H](O)[C@H]2O)C(CO)(CO)c2c1ccc1c(S(=O)(=O)O)cc(S(=O)(=O)O)cc21. The van der Waals surface area contributed by atoms with Gasteiger partial charge in [-0.1, -0.05) is 18.2 Å². The summed E-state index contributed by atoms with van der Waals surface area (Å²) in [6.45, 7) is -6.22. The van der Waals surface area contributed by atoms with Crippen molar-refractivity contribution >= 4 is 99.3 Å². The number of rotatable bonds is 22. The maximum Gasteiger partial charge on any atom is 0.295 e. The molecule has 0 spiro atoms. The fourth-order valence-corrected chi connectivity index (χ4v) is 14.9. The Balaban J connectivity index is 1.40. The summed E-state index contributed by atoms with van der Waals surface area (Å²) in [5.74, 6) is -2.09. The van der Waals surface area contributed by atoms with E-state index in [1.165, 1.54) is 58.1 Å². The topological polar surface area (TPSA) is 513 Å². The molecule has 1 fully saturated rings. The number of benzene rings is 4. The van der Waals surface area contributed by atoms with Crippen LogP contribution in [0.3, 0.4) is 0 Å². The van der Waals surface area contributed by atoms with Crippen molar-refractivity contribution < 1.29 is 133 Å². The van der Waals surface area contributed by atoms with Gasteiger partial charge in [0.1, 0.15) is 51.9 Å². The molecule has 1 saturated heterocycles. The highest BCUT2D eigenvalue weighted by Crippen LogP contribution is 2.53. The predicted octanol–water partition coefficient (Wildman–Crippen LogP) is -1.00.